The summed E-state index contributed by atoms with van der Waals surface area (Å²) in [7, 11) is 0. The van der Waals surface area contributed by atoms with E-state index in [9.17, 15) is 4.79 Å². The highest BCUT2D eigenvalue weighted by Gasteiger charge is 2.57. The van der Waals surface area contributed by atoms with Gasteiger partial charge in [-0.3, -0.25) is 4.79 Å². The monoisotopic (exact) mass is 359 g/mol. The van der Waals surface area contributed by atoms with Crippen molar-refractivity contribution >= 4 is 34.1 Å². The molecule has 2 heterocycles. The lowest BCUT2D eigenvalue weighted by Crippen LogP contribution is -2.31. The molecule has 126 valence electrons. The number of benzene rings is 1. The van der Waals surface area contributed by atoms with Crippen LogP contribution in [0.3, 0.4) is 0 Å². The van der Waals surface area contributed by atoms with Gasteiger partial charge in [0.15, 0.2) is 5.13 Å². The lowest BCUT2D eigenvalue weighted by Gasteiger charge is -2.22. The second-order valence-corrected chi connectivity index (χ2v) is 8.36. The zero-order valence-electron chi connectivity index (χ0n) is 13.7. The normalized spacial score (nSPS) is 21.6. The molecule has 1 aromatic carbocycles. The molecule has 1 amide bonds. The number of thiazole rings is 1. The van der Waals surface area contributed by atoms with Crippen LogP contribution >= 0.6 is 23.1 Å². The minimum absolute atomic E-state index is 0.149. The molecule has 1 aromatic heterocycles. The number of nitrogens with one attached hydrogen (secondary N) is 2. The van der Waals surface area contributed by atoms with Crippen LogP contribution in [0.25, 0.3) is 11.3 Å². The average Bonchev–Trinajstić information content (AvgIpc) is 3.11. The van der Waals surface area contributed by atoms with Gasteiger partial charge >= 0.3 is 0 Å². The summed E-state index contributed by atoms with van der Waals surface area (Å²) < 4.78 is 0. The average molecular weight is 360 g/mol. The first-order chi connectivity index (χ1) is 11.7. The first-order valence-corrected chi connectivity index (χ1v) is 10.4. The Hall–Kier alpha value is -1.37. The van der Waals surface area contributed by atoms with Crippen molar-refractivity contribution in [2.24, 2.45) is 11.3 Å². The third-order valence-electron chi connectivity index (χ3n) is 5.23. The van der Waals surface area contributed by atoms with Crippen molar-refractivity contribution in [1.29, 1.82) is 0 Å². The Labute approximate surface area is 150 Å². The van der Waals surface area contributed by atoms with Crippen LogP contribution in [-0.4, -0.2) is 30.2 Å². The molecule has 1 aliphatic carbocycles. The molecule has 6 heteroatoms. The van der Waals surface area contributed by atoms with Crippen molar-refractivity contribution in [2.75, 3.05) is 24.7 Å². The second-order valence-electron chi connectivity index (χ2n) is 6.62. The number of rotatable bonds is 4. The van der Waals surface area contributed by atoms with Crippen molar-refractivity contribution in [3.63, 3.8) is 0 Å². The van der Waals surface area contributed by atoms with E-state index >= 15 is 0 Å². The van der Waals surface area contributed by atoms with Crippen LogP contribution in [0.4, 0.5) is 5.13 Å². The van der Waals surface area contributed by atoms with E-state index in [1.54, 1.807) is 11.8 Å². The fraction of sp³-hybridized carbons (Fsp3) is 0.444. The van der Waals surface area contributed by atoms with Gasteiger partial charge in [-0.05, 0) is 56.2 Å². The Kier molecular flexibility index (Phi) is 4.37. The summed E-state index contributed by atoms with van der Waals surface area (Å²) in [5.74, 6) is 0.323. The molecular formula is C18H21N3OS2. The van der Waals surface area contributed by atoms with Crippen LogP contribution < -0.4 is 10.6 Å². The highest BCUT2D eigenvalue weighted by Crippen LogP contribution is 2.58. The van der Waals surface area contributed by atoms with Gasteiger partial charge in [0.1, 0.15) is 0 Å². The predicted octanol–water partition coefficient (Wildman–Crippen LogP) is 3.86. The first kappa shape index (κ1) is 16.1. The number of nitrogens with zero attached hydrogens (tertiary/aromatic N) is 1. The maximum atomic E-state index is 12.5. The molecule has 1 unspecified atom stereocenters. The Morgan fingerprint density at radius 1 is 1.33 bits per heavy atom. The summed E-state index contributed by atoms with van der Waals surface area (Å²) in [6.45, 7) is 2.08. The number of aromatic nitrogens is 1. The molecule has 1 saturated heterocycles. The smallest absolute Gasteiger partial charge is 0.229 e. The largest absolute Gasteiger partial charge is 0.317 e. The van der Waals surface area contributed by atoms with E-state index in [-0.39, 0.29) is 17.2 Å². The molecule has 2 aromatic rings. The third-order valence-corrected chi connectivity index (χ3v) is 6.73. The minimum Gasteiger partial charge on any atom is -0.317 e. The van der Waals surface area contributed by atoms with E-state index < -0.39 is 0 Å². The van der Waals surface area contributed by atoms with Crippen LogP contribution in [0.2, 0.25) is 0 Å². The zero-order chi connectivity index (χ0) is 16.6. The molecule has 24 heavy (non-hydrogen) atoms. The Morgan fingerprint density at radius 3 is 2.79 bits per heavy atom. The molecule has 0 bridgehead atoms. The van der Waals surface area contributed by atoms with E-state index in [1.807, 2.05) is 5.38 Å². The van der Waals surface area contributed by atoms with Crippen molar-refractivity contribution in [1.82, 2.24) is 10.3 Å². The van der Waals surface area contributed by atoms with Crippen LogP contribution in [0.1, 0.15) is 19.3 Å². The summed E-state index contributed by atoms with van der Waals surface area (Å²) in [4.78, 5) is 18.3. The van der Waals surface area contributed by atoms with Gasteiger partial charge < -0.3 is 10.6 Å². The summed E-state index contributed by atoms with van der Waals surface area (Å²) in [6.07, 6.45) is 5.35. The zero-order valence-corrected chi connectivity index (χ0v) is 15.3. The fourth-order valence-electron chi connectivity index (χ4n) is 3.61. The summed E-state index contributed by atoms with van der Waals surface area (Å²) in [6, 6.07) is 8.36. The maximum Gasteiger partial charge on any atom is 0.229 e. The molecule has 2 fully saturated rings. The van der Waals surface area contributed by atoms with Gasteiger partial charge in [0, 0.05) is 21.8 Å². The van der Waals surface area contributed by atoms with Crippen LogP contribution in [0, 0.1) is 11.3 Å². The Balaban J connectivity index is 1.41. The first-order valence-electron chi connectivity index (χ1n) is 8.32. The molecule has 2 aliphatic rings. The molecule has 4 rings (SSSR count). The molecular weight excluding hydrogens is 338 g/mol. The SMILES string of the molecule is CSc1ccc(-c2csc(NC(=O)C3CC34CCNCC4)n2)cc1. The number of anilines is 1. The van der Waals surface area contributed by atoms with Gasteiger partial charge in [-0.15, -0.1) is 23.1 Å². The third kappa shape index (κ3) is 3.10. The lowest BCUT2D eigenvalue weighted by molar-refractivity contribution is -0.118. The number of hydrogen-bond acceptors (Lipinski definition) is 5. The van der Waals surface area contributed by atoms with Crippen LogP contribution in [0.15, 0.2) is 34.5 Å². The number of piperidine rings is 1. The molecule has 0 radical (unpaired) electrons. The lowest BCUT2D eigenvalue weighted by atomic mass is 9.92. The van der Waals surface area contributed by atoms with E-state index in [0.29, 0.717) is 5.13 Å². The van der Waals surface area contributed by atoms with E-state index in [1.165, 1.54) is 16.2 Å². The summed E-state index contributed by atoms with van der Waals surface area (Å²) >= 11 is 3.23. The van der Waals surface area contributed by atoms with Gasteiger partial charge in [-0.2, -0.15) is 0 Å². The number of hydrogen-bond donors (Lipinski definition) is 2. The highest BCUT2D eigenvalue weighted by molar-refractivity contribution is 7.98. The highest BCUT2D eigenvalue weighted by atomic mass is 32.2. The number of carbonyl (C=O) groups is 1. The summed E-state index contributed by atoms with van der Waals surface area (Å²) in [5.41, 5.74) is 2.28. The predicted molar refractivity (Wildman–Crippen MR) is 101 cm³/mol. The second kappa shape index (κ2) is 6.50. The molecule has 1 saturated carbocycles. The Morgan fingerprint density at radius 2 is 2.08 bits per heavy atom. The molecule has 1 aliphatic heterocycles. The van der Waals surface area contributed by atoms with Crippen molar-refractivity contribution in [3.8, 4) is 11.3 Å². The summed E-state index contributed by atoms with van der Waals surface area (Å²) in [5, 5.41) is 9.13. The van der Waals surface area contributed by atoms with Crippen molar-refractivity contribution in [2.45, 2.75) is 24.2 Å². The maximum absolute atomic E-state index is 12.5. The van der Waals surface area contributed by atoms with Gasteiger partial charge in [0.25, 0.3) is 0 Å². The van der Waals surface area contributed by atoms with Crippen LogP contribution in [0.5, 0.6) is 0 Å². The number of thioether (sulfide) groups is 1. The standard InChI is InChI=1S/C18H21N3OS2/c1-23-13-4-2-12(3-5-13)15-11-24-17(20-15)21-16(22)14-10-18(14)6-8-19-9-7-18/h2-5,11,14,19H,6-10H2,1H3,(H,20,21,22). The van der Waals surface area contributed by atoms with Gasteiger partial charge in [0.2, 0.25) is 5.91 Å². The van der Waals surface area contributed by atoms with Gasteiger partial charge in [-0.25, -0.2) is 4.98 Å². The molecule has 4 nitrogen and oxygen atoms in total. The van der Waals surface area contributed by atoms with Crippen molar-refractivity contribution < 1.29 is 4.79 Å². The topological polar surface area (TPSA) is 54.0 Å². The van der Waals surface area contributed by atoms with E-state index in [0.717, 1.165) is 43.6 Å². The van der Waals surface area contributed by atoms with E-state index in [2.05, 4.69) is 46.1 Å². The minimum atomic E-state index is 0.149. The Bertz CT molecular complexity index is 735. The van der Waals surface area contributed by atoms with Gasteiger partial charge in [0.05, 0.1) is 5.69 Å². The molecule has 1 atom stereocenters. The van der Waals surface area contributed by atoms with Crippen LogP contribution in [-0.2, 0) is 4.79 Å². The van der Waals surface area contributed by atoms with Crippen molar-refractivity contribution in [3.05, 3.63) is 29.6 Å². The van der Waals surface area contributed by atoms with E-state index in [4.69, 9.17) is 0 Å². The number of amides is 1. The van der Waals surface area contributed by atoms with Gasteiger partial charge in [-0.1, -0.05) is 12.1 Å². The molecule has 2 N–H and O–H groups in total. The molecule has 1 spiro atoms. The number of carbonyl (C=O) groups excluding carboxylic acids is 1. The fourth-order valence-corrected chi connectivity index (χ4v) is 4.74. The quantitative estimate of drug-likeness (QED) is 0.814.